The Bertz CT molecular complexity index is 90.7. The number of hydrogen-bond acceptors (Lipinski definition) is 6. The predicted octanol–water partition coefficient (Wildman–Crippen LogP) is -9.17. The molecule has 0 aliphatic rings. The van der Waals surface area contributed by atoms with Crippen molar-refractivity contribution in [3.8, 4) is 0 Å². The van der Waals surface area contributed by atoms with E-state index >= 15 is 0 Å². The second-order valence-corrected chi connectivity index (χ2v) is 0. The SMILES string of the molecule is N.O.[C-]#N.[C-]#N.[C-]#N.[C-]#N.[C-]#N.[Fe+2].[Na+].[Na+].[Na+]. The zero-order valence-corrected chi connectivity index (χ0v) is 16.4. The molecule has 0 aromatic carbocycles. The number of nitrogens with zero attached hydrogens (tertiary/aromatic N) is 5. The van der Waals surface area contributed by atoms with E-state index in [0.717, 1.165) is 0 Å². The van der Waals surface area contributed by atoms with E-state index in [2.05, 4.69) is 0 Å². The molecule has 0 aliphatic heterocycles. The Morgan fingerprint density at radius 1 is 0.438 bits per heavy atom. The molecule has 0 atom stereocenters. The first-order valence-electron chi connectivity index (χ1n) is 1.12. The van der Waals surface area contributed by atoms with Crippen LogP contribution in [0.4, 0.5) is 0 Å². The van der Waals surface area contributed by atoms with Crippen LogP contribution >= 0.6 is 0 Å². The van der Waals surface area contributed by atoms with Crippen molar-refractivity contribution in [2.45, 2.75) is 0 Å². The van der Waals surface area contributed by atoms with Crippen molar-refractivity contribution in [1.29, 1.82) is 26.3 Å². The van der Waals surface area contributed by atoms with Crippen LogP contribution in [0.5, 0.6) is 0 Å². The molecule has 0 saturated carbocycles. The summed E-state index contributed by atoms with van der Waals surface area (Å²) in [4.78, 5) is 0. The second kappa shape index (κ2) is 4450. The third-order valence-electron chi connectivity index (χ3n) is 0. The molecule has 16 heavy (non-hydrogen) atoms. The van der Waals surface area contributed by atoms with Gasteiger partial charge in [-0.3, -0.25) is 0 Å². The van der Waals surface area contributed by atoms with Gasteiger partial charge in [-0.05, 0) is 0 Å². The molecule has 0 aromatic heterocycles. The first-order valence-corrected chi connectivity index (χ1v) is 1.12. The molecule has 0 saturated heterocycles. The van der Waals surface area contributed by atoms with Gasteiger partial charge in [-0.25, -0.2) is 0 Å². The van der Waals surface area contributed by atoms with Crippen LogP contribution in [-0.4, -0.2) is 5.48 Å². The molecule has 0 rings (SSSR count). The molecule has 0 aliphatic carbocycles. The van der Waals surface area contributed by atoms with E-state index in [1.807, 2.05) is 0 Å². The summed E-state index contributed by atoms with van der Waals surface area (Å²) < 4.78 is 0. The summed E-state index contributed by atoms with van der Waals surface area (Å²) in [6, 6.07) is 0. The summed E-state index contributed by atoms with van der Waals surface area (Å²) in [5, 5.41) is 31.2. The summed E-state index contributed by atoms with van der Waals surface area (Å²) in [6.45, 7) is 23.8. The van der Waals surface area contributed by atoms with E-state index in [0.29, 0.717) is 0 Å². The Kier molecular flexibility index (Phi) is 34200. The normalized spacial score (nSPS) is 0.625. The van der Waals surface area contributed by atoms with Gasteiger partial charge in [-0.15, -0.1) is 0 Å². The fraction of sp³-hybridized carbons (Fsp3) is 0. The number of hydrogen-bond donors (Lipinski definition) is 1. The summed E-state index contributed by atoms with van der Waals surface area (Å²) in [5.41, 5.74) is 0. The maximum atomic E-state index is 6.25. The average molecular weight is 290 g/mol. The Labute approximate surface area is 174 Å². The first kappa shape index (κ1) is 123. The van der Waals surface area contributed by atoms with Crippen LogP contribution in [0.2, 0.25) is 0 Å². The minimum absolute atomic E-state index is 0. The van der Waals surface area contributed by atoms with Gasteiger partial charge in [-0.1, -0.05) is 0 Å². The van der Waals surface area contributed by atoms with Crippen molar-refractivity contribution < 1.29 is 111 Å². The van der Waals surface area contributed by atoms with Gasteiger partial charge in [0, 0.05) is 0 Å². The Morgan fingerprint density at radius 3 is 0.438 bits per heavy atom. The van der Waals surface area contributed by atoms with Crippen molar-refractivity contribution in [3.63, 3.8) is 0 Å². The third kappa shape index (κ3) is 3630. The van der Waals surface area contributed by atoms with Gasteiger partial charge < -0.3 is 70.8 Å². The fourth-order valence-electron chi connectivity index (χ4n) is 0. The molecule has 0 unspecified atom stereocenters. The summed E-state index contributed by atoms with van der Waals surface area (Å²) >= 11 is 0. The summed E-state index contributed by atoms with van der Waals surface area (Å²) in [7, 11) is 0. The minimum atomic E-state index is 0. The zero-order chi connectivity index (χ0) is 10.0. The van der Waals surface area contributed by atoms with Gasteiger partial charge in [0.15, 0.2) is 0 Å². The van der Waals surface area contributed by atoms with Crippen LogP contribution in [0.15, 0.2) is 0 Å². The third-order valence-corrected chi connectivity index (χ3v) is 0. The largest absolute Gasteiger partial charge is 2.00 e. The van der Waals surface area contributed by atoms with Crippen LogP contribution in [-0.2, 0) is 17.1 Å². The second-order valence-electron chi connectivity index (χ2n) is 0. The van der Waals surface area contributed by atoms with Gasteiger partial charge in [-0.2, -0.15) is 0 Å². The van der Waals surface area contributed by atoms with E-state index in [1.165, 1.54) is 0 Å². The summed E-state index contributed by atoms with van der Waals surface area (Å²) in [6.07, 6.45) is 0. The van der Waals surface area contributed by atoms with Crippen LogP contribution in [0.3, 0.4) is 0 Å². The quantitative estimate of drug-likeness (QED) is 0.340. The fourth-order valence-corrected chi connectivity index (χ4v) is 0. The van der Waals surface area contributed by atoms with Crippen LogP contribution in [0.1, 0.15) is 0 Å². The van der Waals surface area contributed by atoms with E-state index in [9.17, 15) is 0 Å². The van der Waals surface area contributed by atoms with Crippen LogP contribution in [0, 0.1) is 59.2 Å². The maximum absolute atomic E-state index is 6.25. The molecule has 5 N–H and O–H groups in total. The molecule has 0 fully saturated rings. The van der Waals surface area contributed by atoms with Gasteiger partial charge in [0.1, 0.15) is 0 Å². The number of rotatable bonds is 0. The van der Waals surface area contributed by atoms with Gasteiger partial charge >= 0.3 is 106 Å². The van der Waals surface area contributed by atoms with Crippen molar-refractivity contribution in [1.82, 2.24) is 6.15 Å². The van der Waals surface area contributed by atoms with E-state index in [1.54, 1.807) is 0 Å². The molecule has 0 bridgehead atoms. The van der Waals surface area contributed by atoms with Crippen molar-refractivity contribution in [2.75, 3.05) is 0 Å². The zero-order valence-electron chi connectivity index (χ0n) is 9.30. The van der Waals surface area contributed by atoms with Crippen LogP contribution < -0.4 is 94.8 Å². The topological polar surface area (TPSA) is 185 Å². The Balaban J connectivity index is -0.00000000198. The van der Waals surface area contributed by atoms with Crippen LogP contribution in [0.25, 0.3) is 0 Å². The molecule has 11 heteroatoms. The Morgan fingerprint density at radius 2 is 0.438 bits per heavy atom. The predicted molar refractivity (Wildman–Crippen MR) is 33.5 cm³/mol. The molecule has 0 amide bonds. The van der Waals surface area contributed by atoms with Crippen molar-refractivity contribution in [3.05, 3.63) is 32.9 Å². The molecule has 0 heterocycles. The average Bonchev–Trinajstić information content (AvgIpc) is 2.20. The van der Waals surface area contributed by atoms with E-state index in [-0.39, 0.29) is 117 Å². The molecular formula is C5H5FeN6Na3O. The van der Waals surface area contributed by atoms with E-state index < -0.39 is 0 Å². The molecule has 0 radical (unpaired) electrons. The van der Waals surface area contributed by atoms with Crippen molar-refractivity contribution in [2.24, 2.45) is 0 Å². The summed E-state index contributed by atoms with van der Waals surface area (Å²) in [5.74, 6) is 0. The molecular weight excluding hydrogens is 285 g/mol. The molecule has 7 nitrogen and oxygen atoms in total. The molecule has 0 spiro atoms. The molecule has 0 aromatic rings. The maximum Gasteiger partial charge on any atom is 2.00 e. The molecule has 72 valence electrons. The van der Waals surface area contributed by atoms with Gasteiger partial charge in [0.2, 0.25) is 0 Å². The standard InChI is InChI=1S/5CN.Fe.H3N.3Na.H2O/c5*1-2;;;;;;/h;;;;;;1H3;;;;1H2/q5*-1;+2;;3*+1;. The van der Waals surface area contributed by atoms with E-state index in [4.69, 9.17) is 59.2 Å². The minimum Gasteiger partial charge on any atom is -0.512 e. The first-order chi connectivity index (χ1) is 5.00. The monoisotopic (exact) mass is 290 g/mol. The Hall–Kier alpha value is 0.889. The van der Waals surface area contributed by atoms with Crippen molar-refractivity contribution >= 4 is 0 Å². The smallest absolute Gasteiger partial charge is 0.512 e. The van der Waals surface area contributed by atoms with Gasteiger partial charge in [0.05, 0.1) is 0 Å². The van der Waals surface area contributed by atoms with Gasteiger partial charge in [0.25, 0.3) is 0 Å².